The molecule has 0 spiro atoms. The maximum atomic E-state index is 13.1. The van der Waals surface area contributed by atoms with Crippen LogP contribution in [0.4, 0.5) is 4.39 Å². The van der Waals surface area contributed by atoms with Crippen LogP contribution >= 0.6 is 0 Å². The van der Waals surface area contributed by atoms with E-state index in [1.807, 2.05) is 24.3 Å². The first kappa shape index (κ1) is 17.6. The molecule has 0 N–H and O–H groups in total. The van der Waals surface area contributed by atoms with Crippen LogP contribution in [0.1, 0.15) is 35.2 Å². The van der Waals surface area contributed by atoms with Crippen molar-refractivity contribution >= 4 is 16.9 Å². The monoisotopic (exact) mass is 391 g/mol. The van der Waals surface area contributed by atoms with E-state index in [1.165, 1.54) is 12.1 Å². The van der Waals surface area contributed by atoms with Gasteiger partial charge in [0, 0.05) is 24.0 Å². The molecule has 6 nitrogen and oxygen atoms in total. The maximum absolute atomic E-state index is 13.1. The molecule has 1 atom stereocenters. The number of halogens is 1. The number of aromatic nitrogens is 2. The fourth-order valence-electron chi connectivity index (χ4n) is 3.71. The van der Waals surface area contributed by atoms with Crippen molar-refractivity contribution in [3.8, 4) is 11.5 Å². The molecule has 2 aromatic carbocycles. The van der Waals surface area contributed by atoms with Crippen LogP contribution in [0.3, 0.4) is 0 Å². The van der Waals surface area contributed by atoms with Crippen molar-refractivity contribution in [2.75, 3.05) is 13.1 Å². The summed E-state index contributed by atoms with van der Waals surface area (Å²) in [5.74, 6) is 0.681. The standard InChI is InChI=1S/C22H18FN3O3/c23-17-9-7-14(8-10-17)20-24-25-21(29-20)16-5-3-11-26(13-16)22(27)19-12-15-4-1-2-6-18(15)28-19/h1-2,4,6-10,12,16H,3,5,11,13H2. The van der Waals surface area contributed by atoms with Crippen LogP contribution in [0, 0.1) is 5.82 Å². The van der Waals surface area contributed by atoms with E-state index in [9.17, 15) is 9.18 Å². The minimum atomic E-state index is -0.319. The predicted octanol–water partition coefficient (Wildman–Crippen LogP) is 4.64. The zero-order valence-electron chi connectivity index (χ0n) is 15.5. The van der Waals surface area contributed by atoms with E-state index in [1.54, 1.807) is 23.1 Å². The Balaban J connectivity index is 1.34. The van der Waals surface area contributed by atoms with Gasteiger partial charge in [-0.15, -0.1) is 10.2 Å². The normalized spacial score (nSPS) is 17.0. The number of hydrogen-bond acceptors (Lipinski definition) is 5. The van der Waals surface area contributed by atoms with Crippen LogP contribution in [-0.4, -0.2) is 34.1 Å². The average molecular weight is 391 g/mol. The van der Waals surface area contributed by atoms with Gasteiger partial charge in [-0.1, -0.05) is 18.2 Å². The lowest BCUT2D eigenvalue weighted by molar-refractivity contribution is 0.0668. The van der Waals surface area contributed by atoms with Crippen molar-refractivity contribution in [2.24, 2.45) is 0 Å². The van der Waals surface area contributed by atoms with Crippen LogP contribution in [0.5, 0.6) is 0 Å². The minimum Gasteiger partial charge on any atom is -0.451 e. The third-order valence-electron chi connectivity index (χ3n) is 5.23. The Morgan fingerprint density at radius 3 is 2.72 bits per heavy atom. The highest BCUT2D eigenvalue weighted by Gasteiger charge is 2.30. The Hall–Kier alpha value is -3.48. The summed E-state index contributed by atoms with van der Waals surface area (Å²) in [4.78, 5) is 14.7. The fraction of sp³-hybridized carbons (Fsp3) is 0.227. The number of rotatable bonds is 3. The summed E-state index contributed by atoms with van der Waals surface area (Å²) in [5.41, 5.74) is 1.36. The molecule has 1 aliphatic heterocycles. The first-order valence-corrected chi connectivity index (χ1v) is 9.54. The van der Waals surface area contributed by atoms with E-state index in [0.717, 1.165) is 18.2 Å². The van der Waals surface area contributed by atoms with Crippen molar-refractivity contribution in [1.82, 2.24) is 15.1 Å². The number of fused-ring (bicyclic) bond motifs is 1. The van der Waals surface area contributed by atoms with E-state index < -0.39 is 0 Å². The highest BCUT2D eigenvalue weighted by atomic mass is 19.1. The van der Waals surface area contributed by atoms with Gasteiger partial charge in [0.25, 0.3) is 5.91 Å². The highest BCUT2D eigenvalue weighted by molar-refractivity contribution is 5.96. The average Bonchev–Trinajstić information content (AvgIpc) is 3.41. The van der Waals surface area contributed by atoms with Gasteiger partial charge in [0.2, 0.25) is 11.8 Å². The van der Waals surface area contributed by atoms with Gasteiger partial charge in [0.15, 0.2) is 5.76 Å². The zero-order chi connectivity index (χ0) is 19.8. The molecule has 1 unspecified atom stereocenters. The molecule has 7 heteroatoms. The molecule has 4 aromatic rings. The molecule has 1 saturated heterocycles. The van der Waals surface area contributed by atoms with Gasteiger partial charge in [0.05, 0.1) is 5.92 Å². The fourth-order valence-corrected chi connectivity index (χ4v) is 3.71. The molecule has 0 saturated carbocycles. The Labute approximate surface area is 165 Å². The third kappa shape index (κ3) is 3.40. The van der Waals surface area contributed by atoms with Crippen LogP contribution < -0.4 is 0 Å². The van der Waals surface area contributed by atoms with Gasteiger partial charge in [-0.25, -0.2) is 4.39 Å². The number of amides is 1. The molecule has 5 rings (SSSR count). The number of likely N-dealkylation sites (tertiary alicyclic amines) is 1. The van der Waals surface area contributed by atoms with Crippen molar-refractivity contribution < 1.29 is 18.0 Å². The quantitative estimate of drug-likeness (QED) is 0.509. The van der Waals surface area contributed by atoms with E-state index in [4.69, 9.17) is 8.83 Å². The second-order valence-corrected chi connectivity index (χ2v) is 7.19. The molecule has 29 heavy (non-hydrogen) atoms. The molecular weight excluding hydrogens is 373 g/mol. The molecule has 1 amide bonds. The largest absolute Gasteiger partial charge is 0.451 e. The van der Waals surface area contributed by atoms with Crippen LogP contribution in [0.15, 0.2) is 63.4 Å². The predicted molar refractivity (Wildman–Crippen MR) is 104 cm³/mol. The lowest BCUT2D eigenvalue weighted by Gasteiger charge is -2.30. The zero-order valence-corrected chi connectivity index (χ0v) is 15.5. The van der Waals surface area contributed by atoms with Crippen molar-refractivity contribution in [3.05, 3.63) is 72.1 Å². The molecule has 146 valence electrons. The molecule has 2 aromatic heterocycles. The molecule has 1 fully saturated rings. The summed E-state index contributed by atoms with van der Waals surface area (Å²) in [7, 11) is 0. The molecule has 0 aliphatic carbocycles. The first-order valence-electron chi connectivity index (χ1n) is 9.54. The summed E-state index contributed by atoms with van der Waals surface area (Å²) >= 11 is 0. The number of hydrogen-bond donors (Lipinski definition) is 0. The number of furan rings is 1. The smallest absolute Gasteiger partial charge is 0.289 e. The number of carbonyl (C=O) groups excluding carboxylic acids is 1. The molecule has 0 bridgehead atoms. The summed E-state index contributed by atoms with van der Waals surface area (Å²) in [6.45, 7) is 1.15. The van der Waals surface area contributed by atoms with Gasteiger partial charge in [-0.3, -0.25) is 4.79 Å². The van der Waals surface area contributed by atoms with E-state index in [0.29, 0.717) is 41.8 Å². The number of para-hydroxylation sites is 1. The number of carbonyl (C=O) groups is 1. The number of piperidine rings is 1. The second kappa shape index (κ2) is 7.16. The molecule has 1 aliphatic rings. The lowest BCUT2D eigenvalue weighted by atomic mass is 9.98. The third-order valence-corrected chi connectivity index (χ3v) is 5.23. The maximum Gasteiger partial charge on any atom is 0.289 e. The molecular formula is C22H18FN3O3. The van der Waals surface area contributed by atoms with Gasteiger partial charge < -0.3 is 13.7 Å². The SMILES string of the molecule is O=C(c1cc2ccccc2o1)N1CCCC(c2nnc(-c3ccc(F)cc3)o2)C1. The van der Waals surface area contributed by atoms with Crippen molar-refractivity contribution in [3.63, 3.8) is 0 Å². The highest BCUT2D eigenvalue weighted by Crippen LogP contribution is 2.30. The van der Waals surface area contributed by atoms with Crippen LogP contribution in [0.25, 0.3) is 22.4 Å². The summed E-state index contributed by atoms with van der Waals surface area (Å²) < 4.78 is 24.7. The summed E-state index contributed by atoms with van der Waals surface area (Å²) in [6.07, 6.45) is 1.69. The van der Waals surface area contributed by atoms with E-state index in [2.05, 4.69) is 10.2 Å². The summed E-state index contributed by atoms with van der Waals surface area (Å²) in [6, 6.07) is 15.3. The van der Waals surface area contributed by atoms with Crippen molar-refractivity contribution in [1.29, 1.82) is 0 Å². The van der Waals surface area contributed by atoms with Gasteiger partial charge in [-0.05, 0) is 49.2 Å². The van der Waals surface area contributed by atoms with Crippen LogP contribution in [-0.2, 0) is 0 Å². The number of benzene rings is 2. The topological polar surface area (TPSA) is 72.4 Å². The van der Waals surface area contributed by atoms with Gasteiger partial charge in [-0.2, -0.15) is 0 Å². The number of nitrogens with zero attached hydrogens (tertiary/aromatic N) is 3. The van der Waals surface area contributed by atoms with Crippen LogP contribution in [0.2, 0.25) is 0 Å². The van der Waals surface area contributed by atoms with E-state index >= 15 is 0 Å². The Morgan fingerprint density at radius 1 is 1.07 bits per heavy atom. The van der Waals surface area contributed by atoms with E-state index in [-0.39, 0.29) is 17.6 Å². The Kier molecular flexibility index (Phi) is 4.35. The summed E-state index contributed by atoms with van der Waals surface area (Å²) in [5, 5.41) is 9.16. The van der Waals surface area contributed by atoms with Gasteiger partial charge >= 0.3 is 0 Å². The van der Waals surface area contributed by atoms with Gasteiger partial charge in [0.1, 0.15) is 11.4 Å². The minimum absolute atomic E-state index is 0.0428. The Bertz CT molecular complexity index is 1130. The Morgan fingerprint density at radius 2 is 1.90 bits per heavy atom. The van der Waals surface area contributed by atoms with Crippen molar-refractivity contribution in [2.45, 2.75) is 18.8 Å². The second-order valence-electron chi connectivity index (χ2n) is 7.19. The molecule has 0 radical (unpaired) electrons. The lowest BCUT2D eigenvalue weighted by Crippen LogP contribution is -2.39. The first-order chi connectivity index (χ1) is 14.2. The molecule has 3 heterocycles.